The van der Waals surface area contributed by atoms with Crippen LogP contribution in [0.5, 0.6) is 0 Å². The molecule has 0 aliphatic carbocycles. The average molecular weight is 244 g/mol. The van der Waals surface area contributed by atoms with E-state index in [1.54, 1.807) is 24.1 Å². The minimum Gasteiger partial charge on any atom is -0.357 e. The van der Waals surface area contributed by atoms with Gasteiger partial charge in [0.05, 0.1) is 23.5 Å². The molecule has 18 heavy (non-hydrogen) atoms. The van der Waals surface area contributed by atoms with Gasteiger partial charge in [0.15, 0.2) is 5.65 Å². The number of anilines is 3. The Bertz CT molecular complexity index is 682. The Morgan fingerprint density at radius 3 is 2.89 bits per heavy atom. The second-order valence-corrected chi connectivity index (χ2v) is 3.81. The Morgan fingerprint density at radius 1 is 1.28 bits per heavy atom. The SMILES string of the molecule is CNc1nc(Nc2cnn(C)c2)c2cn[nH]c2n1. The molecular formula is C10H12N8. The van der Waals surface area contributed by atoms with Crippen LogP contribution < -0.4 is 10.6 Å². The molecule has 0 aromatic carbocycles. The zero-order valence-corrected chi connectivity index (χ0v) is 9.97. The predicted octanol–water partition coefficient (Wildman–Crippen LogP) is 0.872. The Kier molecular flexibility index (Phi) is 2.33. The molecular weight excluding hydrogens is 232 g/mol. The third-order valence-corrected chi connectivity index (χ3v) is 2.50. The van der Waals surface area contributed by atoms with Crippen molar-refractivity contribution in [1.29, 1.82) is 0 Å². The highest BCUT2D eigenvalue weighted by Gasteiger charge is 2.09. The quantitative estimate of drug-likeness (QED) is 0.632. The minimum absolute atomic E-state index is 0.526. The highest BCUT2D eigenvalue weighted by molar-refractivity contribution is 5.88. The Balaban J connectivity index is 2.06. The molecule has 3 aromatic rings. The molecule has 0 unspecified atom stereocenters. The molecule has 92 valence electrons. The minimum atomic E-state index is 0.526. The van der Waals surface area contributed by atoms with Crippen molar-refractivity contribution in [2.45, 2.75) is 0 Å². The van der Waals surface area contributed by atoms with Gasteiger partial charge >= 0.3 is 0 Å². The summed E-state index contributed by atoms with van der Waals surface area (Å²) in [5.74, 6) is 1.21. The largest absolute Gasteiger partial charge is 0.357 e. The number of nitrogens with one attached hydrogen (secondary N) is 3. The smallest absolute Gasteiger partial charge is 0.226 e. The molecule has 8 heteroatoms. The van der Waals surface area contributed by atoms with E-state index in [0.29, 0.717) is 17.4 Å². The van der Waals surface area contributed by atoms with Gasteiger partial charge in [-0.05, 0) is 0 Å². The van der Waals surface area contributed by atoms with Gasteiger partial charge in [0, 0.05) is 20.3 Å². The summed E-state index contributed by atoms with van der Waals surface area (Å²) in [6, 6.07) is 0. The molecule has 3 heterocycles. The lowest BCUT2D eigenvalue weighted by Crippen LogP contribution is -2.01. The maximum absolute atomic E-state index is 4.37. The van der Waals surface area contributed by atoms with E-state index in [4.69, 9.17) is 0 Å². The fourth-order valence-electron chi connectivity index (χ4n) is 1.66. The Labute approximate surface area is 102 Å². The van der Waals surface area contributed by atoms with Crippen LogP contribution >= 0.6 is 0 Å². The van der Waals surface area contributed by atoms with Crippen LogP contribution in [-0.4, -0.2) is 37.0 Å². The van der Waals surface area contributed by atoms with E-state index < -0.39 is 0 Å². The molecule has 3 aromatic heterocycles. The van der Waals surface area contributed by atoms with Gasteiger partial charge in [-0.2, -0.15) is 20.2 Å². The zero-order valence-electron chi connectivity index (χ0n) is 9.97. The molecule has 8 nitrogen and oxygen atoms in total. The van der Waals surface area contributed by atoms with Crippen molar-refractivity contribution in [1.82, 2.24) is 29.9 Å². The van der Waals surface area contributed by atoms with E-state index in [1.807, 2.05) is 13.2 Å². The monoisotopic (exact) mass is 244 g/mol. The van der Waals surface area contributed by atoms with Crippen LogP contribution in [-0.2, 0) is 7.05 Å². The normalized spacial score (nSPS) is 10.8. The second kappa shape index (κ2) is 3.99. The lowest BCUT2D eigenvalue weighted by molar-refractivity contribution is 0.768. The molecule has 3 N–H and O–H groups in total. The molecule has 0 aliphatic heterocycles. The van der Waals surface area contributed by atoms with Gasteiger partial charge in [0.2, 0.25) is 5.95 Å². The summed E-state index contributed by atoms with van der Waals surface area (Å²) in [5.41, 5.74) is 1.54. The first-order valence-corrected chi connectivity index (χ1v) is 5.41. The summed E-state index contributed by atoms with van der Waals surface area (Å²) in [6.07, 6.45) is 5.29. The molecule has 0 saturated carbocycles. The summed E-state index contributed by atoms with van der Waals surface area (Å²) in [5, 5.41) is 17.8. The lowest BCUT2D eigenvalue weighted by atomic mass is 10.4. The second-order valence-electron chi connectivity index (χ2n) is 3.81. The molecule has 0 fully saturated rings. The van der Waals surface area contributed by atoms with Gasteiger partial charge in [-0.15, -0.1) is 0 Å². The van der Waals surface area contributed by atoms with Crippen LogP contribution in [0, 0.1) is 0 Å². The van der Waals surface area contributed by atoms with Gasteiger partial charge < -0.3 is 10.6 Å². The van der Waals surface area contributed by atoms with Crippen molar-refractivity contribution in [3.8, 4) is 0 Å². The highest BCUT2D eigenvalue weighted by atomic mass is 15.3. The number of fused-ring (bicyclic) bond motifs is 1. The fourth-order valence-corrected chi connectivity index (χ4v) is 1.66. The van der Waals surface area contributed by atoms with Gasteiger partial charge in [0.1, 0.15) is 5.82 Å². The van der Waals surface area contributed by atoms with Crippen molar-refractivity contribution in [3.63, 3.8) is 0 Å². The van der Waals surface area contributed by atoms with E-state index in [9.17, 15) is 0 Å². The number of hydrogen-bond acceptors (Lipinski definition) is 6. The molecule has 3 rings (SSSR count). The molecule has 0 bridgehead atoms. The summed E-state index contributed by atoms with van der Waals surface area (Å²) in [6.45, 7) is 0. The number of aromatic nitrogens is 6. The number of H-pyrrole nitrogens is 1. The topological polar surface area (TPSA) is 96.3 Å². The molecule has 0 atom stereocenters. The first kappa shape index (κ1) is 10.5. The van der Waals surface area contributed by atoms with Gasteiger partial charge in [0.25, 0.3) is 0 Å². The first-order valence-electron chi connectivity index (χ1n) is 5.41. The zero-order chi connectivity index (χ0) is 12.5. The van der Waals surface area contributed by atoms with Crippen LogP contribution in [0.25, 0.3) is 11.0 Å². The summed E-state index contributed by atoms with van der Waals surface area (Å²) < 4.78 is 1.72. The van der Waals surface area contributed by atoms with Gasteiger partial charge in [-0.1, -0.05) is 0 Å². The van der Waals surface area contributed by atoms with E-state index in [0.717, 1.165) is 11.1 Å². The average Bonchev–Trinajstić information content (AvgIpc) is 2.98. The van der Waals surface area contributed by atoms with Crippen LogP contribution in [0.1, 0.15) is 0 Å². The fraction of sp³-hybridized carbons (Fsp3) is 0.200. The maximum atomic E-state index is 4.37. The number of nitrogens with zero attached hydrogens (tertiary/aromatic N) is 5. The third kappa shape index (κ3) is 1.73. The standard InChI is InChI=1S/C10H12N8/c1-11-10-15-8(7-4-12-17-9(7)16-10)14-6-3-13-18(2)5-6/h3-5H,1-2H3,(H3,11,12,14,15,16,17). The van der Waals surface area contributed by atoms with Gasteiger partial charge in [-0.25, -0.2) is 0 Å². The molecule has 0 saturated heterocycles. The van der Waals surface area contributed by atoms with Crippen LogP contribution in [0.2, 0.25) is 0 Å². The summed E-state index contributed by atoms with van der Waals surface area (Å²) in [7, 11) is 3.63. The molecule has 0 radical (unpaired) electrons. The van der Waals surface area contributed by atoms with E-state index in [-0.39, 0.29) is 0 Å². The van der Waals surface area contributed by atoms with E-state index in [2.05, 4.69) is 35.9 Å². The highest BCUT2D eigenvalue weighted by Crippen LogP contribution is 2.23. The first-order chi connectivity index (χ1) is 8.76. The molecule has 0 amide bonds. The van der Waals surface area contributed by atoms with E-state index in [1.165, 1.54) is 0 Å². The number of hydrogen-bond donors (Lipinski definition) is 3. The Morgan fingerprint density at radius 2 is 2.17 bits per heavy atom. The van der Waals surface area contributed by atoms with Crippen LogP contribution in [0.15, 0.2) is 18.6 Å². The van der Waals surface area contributed by atoms with Gasteiger partial charge in [-0.3, -0.25) is 9.78 Å². The summed E-state index contributed by atoms with van der Waals surface area (Å²) in [4.78, 5) is 8.63. The van der Waals surface area contributed by atoms with Crippen molar-refractivity contribution < 1.29 is 0 Å². The Hall–Kier alpha value is -2.64. The maximum Gasteiger partial charge on any atom is 0.226 e. The summed E-state index contributed by atoms with van der Waals surface area (Å²) >= 11 is 0. The van der Waals surface area contributed by atoms with Crippen molar-refractivity contribution in [2.24, 2.45) is 7.05 Å². The van der Waals surface area contributed by atoms with Crippen molar-refractivity contribution in [2.75, 3.05) is 17.7 Å². The van der Waals surface area contributed by atoms with Crippen LogP contribution in [0.3, 0.4) is 0 Å². The molecule has 0 spiro atoms. The van der Waals surface area contributed by atoms with Crippen molar-refractivity contribution in [3.05, 3.63) is 18.6 Å². The van der Waals surface area contributed by atoms with Crippen molar-refractivity contribution >= 4 is 28.5 Å². The number of aromatic amines is 1. The number of aryl methyl sites for hydroxylation is 1. The van der Waals surface area contributed by atoms with Crippen LogP contribution in [0.4, 0.5) is 17.5 Å². The number of rotatable bonds is 3. The molecule has 0 aliphatic rings. The van der Waals surface area contributed by atoms with E-state index >= 15 is 0 Å². The predicted molar refractivity (Wildman–Crippen MR) is 67.7 cm³/mol. The third-order valence-electron chi connectivity index (χ3n) is 2.50. The lowest BCUT2D eigenvalue weighted by Gasteiger charge is -2.05.